The van der Waals surface area contributed by atoms with Crippen molar-refractivity contribution in [2.45, 2.75) is 11.0 Å². The Kier molecular flexibility index (Phi) is 4.60. The Hall–Kier alpha value is -1.78. The fourth-order valence-electron chi connectivity index (χ4n) is 1.67. The molecule has 0 bridgehead atoms. The lowest BCUT2D eigenvalue weighted by molar-refractivity contribution is 0.0696. The van der Waals surface area contributed by atoms with E-state index in [9.17, 15) is 9.90 Å². The number of carboxylic acid groups (broad SMARTS) is 1. The zero-order valence-corrected chi connectivity index (χ0v) is 11.0. The van der Waals surface area contributed by atoms with Gasteiger partial charge < -0.3 is 10.2 Å². The first-order valence-corrected chi connectivity index (χ1v) is 6.84. The zero-order chi connectivity index (χ0) is 13.7. The molecule has 0 saturated heterocycles. The highest BCUT2D eigenvalue weighted by Crippen LogP contribution is 2.25. The molecule has 2 aromatic carbocycles. The van der Waals surface area contributed by atoms with E-state index in [1.807, 2.05) is 36.4 Å². The Balaban J connectivity index is 1.99. The SMILES string of the molecule is O=C(O)c1cccc(SCC(O)c2ccccc2)c1. The quantitative estimate of drug-likeness (QED) is 0.822. The van der Waals surface area contributed by atoms with Gasteiger partial charge in [0.25, 0.3) is 0 Å². The summed E-state index contributed by atoms with van der Waals surface area (Å²) < 4.78 is 0. The summed E-state index contributed by atoms with van der Waals surface area (Å²) in [5, 5.41) is 18.9. The zero-order valence-electron chi connectivity index (χ0n) is 10.2. The first kappa shape index (κ1) is 13.6. The molecule has 2 rings (SSSR count). The highest BCUT2D eigenvalue weighted by molar-refractivity contribution is 7.99. The van der Waals surface area contributed by atoms with Gasteiger partial charge in [-0.2, -0.15) is 0 Å². The second-order valence-electron chi connectivity index (χ2n) is 4.07. The lowest BCUT2D eigenvalue weighted by Crippen LogP contribution is -2.00. The van der Waals surface area contributed by atoms with Crippen molar-refractivity contribution in [3.63, 3.8) is 0 Å². The van der Waals surface area contributed by atoms with Gasteiger partial charge in [-0.05, 0) is 23.8 Å². The molecular formula is C15H14O3S. The predicted octanol–water partition coefficient (Wildman–Crippen LogP) is 3.21. The average Bonchev–Trinajstić information content (AvgIpc) is 2.46. The summed E-state index contributed by atoms with van der Waals surface area (Å²) in [5.74, 6) is -0.446. The molecule has 0 amide bonds. The van der Waals surface area contributed by atoms with E-state index in [1.54, 1.807) is 18.2 Å². The fraction of sp³-hybridized carbons (Fsp3) is 0.133. The Morgan fingerprint density at radius 2 is 1.84 bits per heavy atom. The van der Waals surface area contributed by atoms with Crippen LogP contribution in [0.2, 0.25) is 0 Å². The summed E-state index contributed by atoms with van der Waals surface area (Å²) in [6.07, 6.45) is -0.556. The predicted molar refractivity (Wildman–Crippen MR) is 75.5 cm³/mol. The number of hydrogen-bond donors (Lipinski definition) is 2. The van der Waals surface area contributed by atoms with Crippen LogP contribution >= 0.6 is 11.8 Å². The van der Waals surface area contributed by atoms with E-state index < -0.39 is 12.1 Å². The van der Waals surface area contributed by atoms with Crippen molar-refractivity contribution in [3.05, 3.63) is 65.7 Å². The smallest absolute Gasteiger partial charge is 0.335 e. The standard InChI is InChI=1S/C15H14O3S/c16-14(11-5-2-1-3-6-11)10-19-13-8-4-7-12(9-13)15(17)18/h1-9,14,16H,10H2,(H,17,18). The number of aromatic carboxylic acids is 1. The number of thioether (sulfide) groups is 1. The number of aliphatic hydroxyl groups excluding tert-OH is 1. The second-order valence-corrected chi connectivity index (χ2v) is 5.16. The molecule has 0 heterocycles. The first-order valence-electron chi connectivity index (χ1n) is 5.86. The highest BCUT2D eigenvalue weighted by Gasteiger charge is 2.09. The van der Waals surface area contributed by atoms with Gasteiger partial charge in [0.05, 0.1) is 11.7 Å². The first-order chi connectivity index (χ1) is 9.16. The molecule has 1 atom stereocenters. The van der Waals surface area contributed by atoms with Crippen molar-refractivity contribution in [1.82, 2.24) is 0 Å². The summed E-state index contributed by atoms with van der Waals surface area (Å²) in [6, 6.07) is 16.1. The summed E-state index contributed by atoms with van der Waals surface area (Å²) in [4.78, 5) is 11.7. The van der Waals surface area contributed by atoms with Crippen LogP contribution in [0.4, 0.5) is 0 Å². The molecule has 0 fully saturated rings. The minimum atomic E-state index is -0.939. The molecule has 0 radical (unpaired) electrons. The topological polar surface area (TPSA) is 57.5 Å². The number of rotatable bonds is 5. The molecule has 0 aliphatic rings. The van der Waals surface area contributed by atoms with Crippen molar-refractivity contribution < 1.29 is 15.0 Å². The van der Waals surface area contributed by atoms with Crippen LogP contribution in [-0.2, 0) is 0 Å². The lowest BCUT2D eigenvalue weighted by Gasteiger charge is -2.10. The van der Waals surface area contributed by atoms with Crippen molar-refractivity contribution >= 4 is 17.7 Å². The van der Waals surface area contributed by atoms with Crippen molar-refractivity contribution in [2.75, 3.05) is 5.75 Å². The lowest BCUT2D eigenvalue weighted by atomic mass is 10.1. The van der Waals surface area contributed by atoms with E-state index in [4.69, 9.17) is 5.11 Å². The molecule has 0 spiro atoms. The number of aliphatic hydroxyl groups is 1. The van der Waals surface area contributed by atoms with E-state index in [1.165, 1.54) is 11.8 Å². The van der Waals surface area contributed by atoms with Gasteiger partial charge in [-0.3, -0.25) is 0 Å². The summed E-state index contributed by atoms with van der Waals surface area (Å²) in [5.41, 5.74) is 1.13. The van der Waals surface area contributed by atoms with Crippen LogP contribution < -0.4 is 0 Å². The Morgan fingerprint density at radius 1 is 1.11 bits per heavy atom. The normalized spacial score (nSPS) is 12.1. The summed E-state index contributed by atoms with van der Waals surface area (Å²) in [6.45, 7) is 0. The molecule has 4 heteroatoms. The van der Waals surface area contributed by atoms with Crippen molar-refractivity contribution in [2.24, 2.45) is 0 Å². The second kappa shape index (κ2) is 6.41. The van der Waals surface area contributed by atoms with E-state index in [2.05, 4.69) is 0 Å². The molecule has 2 N–H and O–H groups in total. The Bertz CT molecular complexity index is 554. The molecule has 0 aliphatic carbocycles. The number of carboxylic acids is 1. The van der Waals surface area contributed by atoms with Crippen LogP contribution in [-0.4, -0.2) is 21.9 Å². The van der Waals surface area contributed by atoms with Crippen LogP contribution in [0.3, 0.4) is 0 Å². The van der Waals surface area contributed by atoms with E-state index >= 15 is 0 Å². The molecule has 0 saturated carbocycles. The molecule has 2 aromatic rings. The van der Waals surface area contributed by atoms with E-state index in [-0.39, 0.29) is 5.56 Å². The van der Waals surface area contributed by atoms with Crippen molar-refractivity contribution in [1.29, 1.82) is 0 Å². The number of benzene rings is 2. The fourth-order valence-corrected chi connectivity index (χ4v) is 2.59. The monoisotopic (exact) mass is 274 g/mol. The van der Waals surface area contributed by atoms with Gasteiger partial charge in [-0.1, -0.05) is 36.4 Å². The maximum Gasteiger partial charge on any atom is 0.335 e. The van der Waals surface area contributed by atoms with Crippen LogP contribution in [0.25, 0.3) is 0 Å². The van der Waals surface area contributed by atoms with Gasteiger partial charge in [-0.25, -0.2) is 4.79 Å². The van der Waals surface area contributed by atoms with Crippen molar-refractivity contribution in [3.8, 4) is 0 Å². The third-order valence-electron chi connectivity index (χ3n) is 2.67. The van der Waals surface area contributed by atoms with Gasteiger partial charge in [0.15, 0.2) is 0 Å². The molecule has 1 unspecified atom stereocenters. The largest absolute Gasteiger partial charge is 0.478 e. The molecular weight excluding hydrogens is 260 g/mol. The van der Waals surface area contributed by atoms with Crippen LogP contribution in [0.5, 0.6) is 0 Å². The maximum absolute atomic E-state index is 10.9. The van der Waals surface area contributed by atoms with Gasteiger partial charge in [0, 0.05) is 10.6 Å². The minimum absolute atomic E-state index is 0.263. The Morgan fingerprint density at radius 3 is 2.53 bits per heavy atom. The summed E-state index contributed by atoms with van der Waals surface area (Å²) >= 11 is 1.44. The maximum atomic E-state index is 10.9. The van der Waals surface area contributed by atoms with Gasteiger partial charge >= 0.3 is 5.97 Å². The van der Waals surface area contributed by atoms with Gasteiger partial charge in [-0.15, -0.1) is 11.8 Å². The molecule has 3 nitrogen and oxygen atoms in total. The van der Waals surface area contributed by atoms with E-state index in [0.717, 1.165) is 10.5 Å². The van der Waals surface area contributed by atoms with Gasteiger partial charge in [0.2, 0.25) is 0 Å². The van der Waals surface area contributed by atoms with Crippen LogP contribution in [0.1, 0.15) is 22.0 Å². The molecule has 19 heavy (non-hydrogen) atoms. The van der Waals surface area contributed by atoms with Crippen LogP contribution in [0.15, 0.2) is 59.5 Å². The molecule has 98 valence electrons. The molecule has 0 aliphatic heterocycles. The van der Waals surface area contributed by atoms with Crippen LogP contribution in [0, 0.1) is 0 Å². The summed E-state index contributed by atoms with van der Waals surface area (Å²) in [7, 11) is 0. The third-order valence-corrected chi connectivity index (χ3v) is 3.74. The third kappa shape index (κ3) is 3.84. The van der Waals surface area contributed by atoms with E-state index in [0.29, 0.717) is 5.75 Å². The average molecular weight is 274 g/mol. The van der Waals surface area contributed by atoms with Gasteiger partial charge in [0.1, 0.15) is 0 Å². The number of hydrogen-bond acceptors (Lipinski definition) is 3. The molecule has 0 aromatic heterocycles. The highest BCUT2D eigenvalue weighted by atomic mass is 32.2. The minimum Gasteiger partial charge on any atom is -0.478 e. The number of carbonyl (C=O) groups is 1. The Labute approximate surface area is 115 Å².